The minimum atomic E-state index is -4.19. The van der Waals surface area contributed by atoms with Crippen molar-refractivity contribution in [2.45, 2.75) is 20.3 Å². The van der Waals surface area contributed by atoms with Crippen molar-refractivity contribution >= 4 is 28.9 Å². The summed E-state index contributed by atoms with van der Waals surface area (Å²) in [6.45, 7) is 5.63. The molecule has 0 atom stereocenters. The van der Waals surface area contributed by atoms with Gasteiger partial charge in [-0.05, 0) is 13.3 Å². The molecule has 3 N–H and O–H groups in total. The zero-order chi connectivity index (χ0) is 13.9. The molecule has 0 saturated heterocycles. The van der Waals surface area contributed by atoms with E-state index in [-0.39, 0.29) is 0 Å². The first-order chi connectivity index (χ1) is 7.74. The summed E-state index contributed by atoms with van der Waals surface area (Å²) in [6, 6.07) is 0. The standard InChI is InChI=1S/C8H16Cl2N2.ClH3O4/c1-3-8(2)11-12(6-4-9)7-5-10;2-1(3,4)5/h3-7H2,1-2H3;2-4H/b11-8+;. The monoisotopic (exact) mass is 312 g/mol. The molecule has 0 aliphatic rings. The molecule has 0 aliphatic heterocycles. The van der Waals surface area contributed by atoms with Crippen LogP contribution in [0.3, 0.4) is 0 Å². The molecule has 0 aliphatic carbocycles. The van der Waals surface area contributed by atoms with E-state index in [2.05, 4.69) is 12.0 Å². The van der Waals surface area contributed by atoms with Gasteiger partial charge in [0, 0.05) is 30.6 Å². The summed E-state index contributed by atoms with van der Waals surface area (Å²) < 4.78 is 30.2. The number of alkyl halides is 2. The van der Waals surface area contributed by atoms with E-state index in [0.717, 1.165) is 25.2 Å². The van der Waals surface area contributed by atoms with Crippen molar-refractivity contribution in [3.63, 3.8) is 0 Å². The van der Waals surface area contributed by atoms with E-state index in [4.69, 9.17) is 41.8 Å². The Balaban J connectivity index is 0. The minimum absolute atomic E-state index is 0.595. The predicted molar refractivity (Wildman–Crippen MR) is 63.1 cm³/mol. The Labute approximate surface area is 113 Å². The van der Waals surface area contributed by atoms with Crippen LogP contribution < -0.4 is 4.66 Å². The molecule has 0 heterocycles. The number of rotatable bonds is 6. The molecule has 9 heteroatoms. The fraction of sp³-hybridized carbons (Fsp3) is 0.875. The molecule has 0 aromatic heterocycles. The first kappa shape index (κ1) is 19.5. The second-order valence-electron chi connectivity index (χ2n) is 2.95. The Morgan fingerprint density at radius 3 is 1.82 bits per heavy atom. The molecule has 0 bridgehead atoms. The van der Waals surface area contributed by atoms with Crippen LogP contribution in [0.2, 0.25) is 0 Å². The van der Waals surface area contributed by atoms with Gasteiger partial charge in [-0.1, -0.05) is 6.92 Å². The maximum absolute atomic E-state index is 8.83. The molecule has 17 heavy (non-hydrogen) atoms. The van der Waals surface area contributed by atoms with E-state index in [1.165, 1.54) is 0 Å². The summed E-state index contributed by atoms with van der Waals surface area (Å²) in [5.74, 6) is 1.19. The van der Waals surface area contributed by atoms with Gasteiger partial charge in [-0.25, -0.2) is 0 Å². The van der Waals surface area contributed by atoms with Gasteiger partial charge in [0.25, 0.3) is 0 Å². The summed E-state index contributed by atoms with van der Waals surface area (Å²) in [5.41, 5.74) is 1.12. The van der Waals surface area contributed by atoms with E-state index in [1.807, 2.05) is 11.9 Å². The van der Waals surface area contributed by atoms with Gasteiger partial charge in [-0.2, -0.15) is 5.10 Å². The summed E-state index contributed by atoms with van der Waals surface area (Å²) >= 11 is 11.2. The Bertz CT molecular complexity index is 199. The SMILES string of the molecule is CC/C(C)=N/N(CCCl)CCCl.[O-][Cl+](O)(O)O. The third-order valence-electron chi connectivity index (χ3n) is 1.51. The van der Waals surface area contributed by atoms with Gasteiger partial charge >= 0.3 is 28.9 Å². The zero-order valence-electron chi connectivity index (χ0n) is 9.81. The fourth-order valence-electron chi connectivity index (χ4n) is 0.719. The Kier molecular flexibility index (Phi) is 13.0. The van der Waals surface area contributed by atoms with Crippen LogP contribution in [0.25, 0.3) is 0 Å². The molecule has 0 unspecified atom stereocenters. The molecular weight excluding hydrogens is 294 g/mol. The van der Waals surface area contributed by atoms with Crippen LogP contribution in [0.4, 0.5) is 0 Å². The van der Waals surface area contributed by atoms with Crippen molar-refractivity contribution in [1.82, 2.24) is 5.01 Å². The van der Waals surface area contributed by atoms with Gasteiger partial charge in [0.15, 0.2) is 0 Å². The third kappa shape index (κ3) is 21.9. The molecule has 106 valence electrons. The van der Waals surface area contributed by atoms with Gasteiger partial charge in [0.1, 0.15) is 0 Å². The summed E-state index contributed by atoms with van der Waals surface area (Å²) in [7, 11) is -4.19. The van der Waals surface area contributed by atoms with E-state index >= 15 is 0 Å². The van der Waals surface area contributed by atoms with Crippen LogP contribution in [-0.2, 0) is 0 Å². The normalized spacial score (nSPS) is 12.8. The topological polar surface area (TPSA) is 99.4 Å². The first-order valence-electron chi connectivity index (χ1n) is 4.81. The average molecular weight is 314 g/mol. The zero-order valence-corrected chi connectivity index (χ0v) is 12.1. The Morgan fingerprint density at radius 2 is 1.59 bits per heavy atom. The van der Waals surface area contributed by atoms with Gasteiger partial charge in [0.2, 0.25) is 0 Å². The maximum atomic E-state index is 8.83. The summed E-state index contributed by atoms with van der Waals surface area (Å²) in [5, 5.41) is 6.27. The molecule has 0 aromatic carbocycles. The van der Waals surface area contributed by atoms with E-state index in [1.54, 1.807) is 0 Å². The van der Waals surface area contributed by atoms with Crippen molar-refractivity contribution in [2.75, 3.05) is 24.8 Å². The average Bonchev–Trinajstić information content (AvgIpc) is 2.15. The number of hydrogen-bond donors (Lipinski definition) is 3. The quantitative estimate of drug-likeness (QED) is 0.355. The summed E-state index contributed by atoms with van der Waals surface area (Å²) in [6.07, 6.45) is 0.973. The fourth-order valence-corrected chi connectivity index (χ4v) is 1.11. The Hall–Kier alpha value is 0.180. The van der Waals surface area contributed by atoms with Gasteiger partial charge < -0.3 is 0 Å². The van der Waals surface area contributed by atoms with E-state index in [0.29, 0.717) is 11.8 Å². The van der Waals surface area contributed by atoms with Crippen molar-refractivity contribution in [2.24, 2.45) is 5.10 Å². The molecule has 6 nitrogen and oxygen atoms in total. The molecule has 0 radical (unpaired) electrons. The van der Waals surface area contributed by atoms with Crippen LogP contribution in [-0.4, -0.2) is 49.5 Å². The second-order valence-corrected chi connectivity index (χ2v) is 4.58. The van der Waals surface area contributed by atoms with Crippen molar-refractivity contribution in [3.8, 4) is 0 Å². The van der Waals surface area contributed by atoms with Crippen molar-refractivity contribution < 1.29 is 28.9 Å². The van der Waals surface area contributed by atoms with Crippen LogP contribution in [0.1, 0.15) is 20.3 Å². The molecule has 0 amide bonds. The van der Waals surface area contributed by atoms with Gasteiger partial charge in [-0.3, -0.25) is 5.01 Å². The van der Waals surface area contributed by atoms with Gasteiger partial charge in [-0.15, -0.1) is 23.2 Å². The van der Waals surface area contributed by atoms with Gasteiger partial charge in [0.05, 0.1) is 0 Å². The first-order valence-corrected chi connectivity index (χ1v) is 7.20. The molecule has 0 saturated carbocycles. The third-order valence-corrected chi connectivity index (χ3v) is 1.85. The molecule has 0 aromatic rings. The molecular formula is C8H19Cl3N2O4. The Morgan fingerprint density at radius 1 is 1.24 bits per heavy atom. The molecule has 0 spiro atoms. The number of hydrogen-bond acceptors (Lipinski definition) is 6. The van der Waals surface area contributed by atoms with E-state index < -0.39 is 10.2 Å². The number of nitrogens with zero attached hydrogens (tertiary/aromatic N) is 2. The van der Waals surface area contributed by atoms with E-state index in [9.17, 15) is 0 Å². The second kappa shape index (κ2) is 11.3. The van der Waals surface area contributed by atoms with Crippen LogP contribution in [0, 0.1) is 10.2 Å². The van der Waals surface area contributed by atoms with Crippen LogP contribution >= 0.6 is 23.2 Å². The van der Waals surface area contributed by atoms with Crippen LogP contribution in [0.15, 0.2) is 5.10 Å². The number of hydrazone groups is 1. The van der Waals surface area contributed by atoms with Crippen LogP contribution in [0.5, 0.6) is 0 Å². The molecule has 0 rings (SSSR count). The van der Waals surface area contributed by atoms with Crippen molar-refractivity contribution in [3.05, 3.63) is 0 Å². The van der Waals surface area contributed by atoms with Crippen molar-refractivity contribution in [1.29, 1.82) is 0 Å². The summed E-state index contributed by atoms with van der Waals surface area (Å²) in [4.78, 5) is 0. The molecule has 0 fully saturated rings. The number of halogens is 3. The predicted octanol–water partition coefficient (Wildman–Crippen LogP) is -0.308.